The number of carbonyl (C=O) groups is 1. The molecule has 1 aliphatic rings. The highest BCUT2D eigenvalue weighted by atomic mass is 16.4. The number of hydrogen-bond donors (Lipinski definition) is 7. The third kappa shape index (κ3) is 7.79. The number of rotatable bonds is 7. The number of phenols is 1. The van der Waals surface area contributed by atoms with E-state index in [0.29, 0.717) is 18.8 Å². The van der Waals surface area contributed by atoms with Crippen LogP contribution < -0.4 is 17.0 Å². The first-order valence-electron chi connectivity index (χ1n) is 13.4. The summed E-state index contributed by atoms with van der Waals surface area (Å²) in [5.41, 5.74) is 13.6. The zero-order valence-electron chi connectivity index (χ0n) is 23.3. The van der Waals surface area contributed by atoms with Gasteiger partial charge in [-0.3, -0.25) is 9.89 Å². The highest BCUT2D eigenvalue weighted by molar-refractivity contribution is 5.85. The lowest BCUT2D eigenvalue weighted by molar-refractivity contribution is 0.0663. The number of nitrogens with two attached hydrogens (primary N) is 2. The fourth-order valence-corrected chi connectivity index (χ4v) is 4.21. The van der Waals surface area contributed by atoms with Crippen LogP contribution >= 0.6 is 0 Å². The average Bonchev–Trinajstić information content (AvgIpc) is 3.61. The number of aliphatic hydroxyl groups is 2. The molecule has 5 rings (SSSR count). The molecule has 0 aliphatic heterocycles. The van der Waals surface area contributed by atoms with Gasteiger partial charge in [0.15, 0.2) is 11.4 Å². The van der Waals surface area contributed by atoms with Crippen molar-refractivity contribution in [1.29, 1.82) is 0 Å². The number of para-hydroxylation sites is 1. The zero-order valence-corrected chi connectivity index (χ0v) is 23.3. The number of azo groups is 1. The second-order valence-corrected chi connectivity index (χ2v) is 9.25. The molecular formula is C29H36N6O7. The van der Waals surface area contributed by atoms with Crippen molar-refractivity contribution in [1.82, 2.24) is 9.78 Å². The lowest BCUT2D eigenvalue weighted by Crippen LogP contribution is -2.15. The first-order valence-corrected chi connectivity index (χ1v) is 13.4. The number of carboxylic acids is 1. The van der Waals surface area contributed by atoms with Gasteiger partial charge in [0.25, 0.3) is 5.56 Å². The summed E-state index contributed by atoms with van der Waals surface area (Å²) in [6.07, 6.45) is 4.40. The molecule has 1 aliphatic carbocycles. The van der Waals surface area contributed by atoms with Gasteiger partial charge in [-0.1, -0.05) is 12.1 Å². The molecule has 2 aromatic heterocycles. The van der Waals surface area contributed by atoms with E-state index in [1.165, 1.54) is 40.4 Å². The summed E-state index contributed by atoms with van der Waals surface area (Å²) in [5, 5.41) is 46.5. The Morgan fingerprint density at radius 1 is 1.00 bits per heavy atom. The van der Waals surface area contributed by atoms with Crippen LogP contribution in [0.4, 0.5) is 11.4 Å². The van der Waals surface area contributed by atoms with Crippen LogP contribution in [-0.2, 0) is 12.8 Å². The van der Waals surface area contributed by atoms with Gasteiger partial charge >= 0.3 is 5.97 Å². The summed E-state index contributed by atoms with van der Waals surface area (Å²) in [6.45, 7) is 2.68. The van der Waals surface area contributed by atoms with E-state index in [1.807, 2.05) is 12.1 Å². The molecule has 9 N–H and O–H groups in total. The standard InChI is InChI=1S/C25H22N4O5.2C2H7NO/c1-14-22(24(31)29(28-14)17-10-9-15-5-2-3-6-16(15)13-17)27-26-19-8-4-7-18(23(19)30)20-11-12-21(34-20)25(32)33;2*3-1-2-4/h4,7-13,28,30H,2-3,5-6H2,1H3,(H,32,33);2*4H,1-3H2. The quantitative estimate of drug-likeness (QED) is 0.159. The molecule has 0 atom stereocenters. The van der Waals surface area contributed by atoms with Crippen LogP contribution in [0.3, 0.4) is 0 Å². The summed E-state index contributed by atoms with van der Waals surface area (Å²) in [7, 11) is 0. The van der Waals surface area contributed by atoms with Gasteiger partial charge in [-0.2, -0.15) is 0 Å². The van der Waals surface area contributed by atoms with Crippen LogP contribution in [0.15, 0.2) is 68.0 Å². The number of furan rings is 1. The summed E-state index contributed by atoms with van der Waals surface area (Å²) in [6, 6.07) is 13.5. The van der Waals surface area contributed by atoms with Gasteiger partial charge < -0.3 is 36.3 Å². The Hall–Kier alpha value is -4.56. The number of aryl methyl sites for hydroxylation is 3. The number of aliphatic hydroxyl groups excluding tert-OH is 2. The molecule has 0 saturated heterocycles. The number of H-pyrrole nitrogens is 1. The van der Waals surface area contributed by atoms with Crippen LogP contribution in [0.25, 0.3) is 17.0 Å². The maximum atomic E-state index is 13.1. The lowest BCUT2D eigenvalue weighted by atomic mass is 9.91. The minimum atomic E-state index is -1.21. The second kappa shape index (κ2) is 15.4. The number of aromatic hydroxyl groups is 1. The predicted octanol–water partition coefficient (Wildman–Crippen LogP) is 3.31. The van der Waals surface area contributed by atoms with Gasteiger partial charge in [0.2, 0.25) is 5.76 Å². The Kier molecular flexibility index (Phi) is 11.8. The van der Waals surface area contributed by atoms with Crippen LogP contribution in [-0.4, -0.2) is 62.5 Å². The Labute approximate surface area is 241 Å². The van der Waals surface area contributed by atoms with Crippen LogP contribution in [0.1, 0.15) is 40.2 Å². The fourth-order valence-electron chi connectivity index (χ4n) is 4.21. The van der Waals surface area contributed by atoms with Crippen LogP contribution in [0.5, 0.6) is 5.75 Å². The monoisotopic (exact) mass is 580 g/mol. The van der Waals surface area contributed by atoms with Crippen LogP contribution in [0, 0.1) is 6.92 Å². The number of nitrogens with one attached hydrogen (secondary N) is 1. The Bertz CT molecular complexity index is 1560. The van der Waals surface area contributed by atoms with Gasteiger partial charge in [-0.25, -0.2) is 9.48 Å². The number of phenolic OH excluding ortho intramolecular Hbond substituents is 1. The molecule has 13 nitrogen and oxygen atoms in total. The van der Waals surface area contributed by atoms with Gasteiger partial charge in [0.1, 0.15) is 11.4 Å². The largest absolute Gasteiger partial charge is 0.505 e. The van der Waals surface area contributed by atoms with E-state index in [1.54, 1.807) is 19.1 Å². The SMILES string of the molecule is Cc1[nH]n(-c2ccc3c(c2)CCCC3)c(=O)c1N=Nc1cccc(-c2ccc(C(=O)O)o2)c1O.NCCO.NCCO. The Morgan fingerprint density at radius 2 is 1.67 bits per heavy atom. The number of hydrogen-bond acceptors (Lipinski definition) is 10. The van der Waals surface area contributed by atoms with Gasteiger partial charge in [0.05, 0.1) is 30.2 Å². The van der Waals surface area contributed by atoms with Crippen molar-refractivity contribution in [3.05, 3.63) is 81.5 Å². The summed E-state index contributed by atoms with van der Waals surface area (Å²) in [4.78, 5) is 24.1. The highest BCUT2D eigenvalue weighted by Gasteiger charge is 2.17. The molecular weight excluding hydrogens is 544 g/mol. The van der Waals surface area contributed by atoms with Crippen LogP contribution in [0.2, 0.25) is 0 Å². The number of aromatic carboxylic acids is 1. The molecule has 2 heterocycles. The molecule has 0 radical (unpaired) electrons. The van der Waals surface area contributed by atoms with E-state index in [0.717, 1.165) is 24.9 Å². The number of nitrogens with zero attached hydrogens (tertiary/aromatic N) is 3. The Morgan fingerprint density at radius 3 is 2.29 bits per heavy atom. The normalized spacial score (nSPS) is 12.2. The van der Waals surface area contributed by atoms with Gasteiger partial charge in [-0.15, -0.1) is 10.2 Å². The van der Waals surface area contributed by atoms with E-state index < -0.39 is 5.97 Å². The average molecular weight is 581 g/mol. The second-order valence-electron chi connectivity index (χ2n) is 9.25. The van der Waals surface area contributed by atoms with E-state index >= 15 is 0 Å². The van der Waals surface area contributed by atoms with Crippen molar-refractivity contribution < 1.29 is 29.6 Å². The molecule has 0 bridgehead atoms. The van der Waals surface area contributed by atoms with Crippen molar-refractivity contribution >= 4 is 17.3 Å². The van der Waals surface area contributed by atoms with Gasteiger partial charge in [0, 0.05) is 13.1 Å². The molecule has 224 valence electrons. The number of aromatic amines is 1. The molecule has 0 unspecified atom stereocenters. The minimum Gasteiger partial charge on any atom is -0.505 e. The lowest BCUT2D eigenvalue weighted by Gasteiger charge is -2.16. The first-order chi connectivity index (χ1) is 20.2. The smallest absolute Gasteiger partial charge is 0.371 e. The predicted molar refractivity (Wildman–Crippen MR) is 157 cm³/mol. The van der Waals surface area contributed by atoms with E-state index in [4.69, 9.17) is 31.2 Å². The summed E-state index contributed by atoms with van der Waals surface area (Å²) >= 11 is 0. The third-order valence-corrected chi connectivity index (χ3v) is 6.24. The number of aromatic nitrogens is 2. The van der Waals surface area contributed by atoms with Crippen molar-refractivity contribution in [3.63, 3.8) is 0 Å². The maximum Gasteiger partial charge on any atom is 0.371 e. The molecule has 0 fully saturated rings. The van der Waals surface area contributed by atoms with Crippen molar-refractivity contribution in [2.45, 2.75) is 32.6 Å². The molecule has 42 heavy (non-hydrogen) atoms. The Balaban J connectivity index is 0.000000540. The summed E-state index contributed by atoms with van der Waals surface area (Å²) < 4.78 is 6.72. The van der Waals surface area contributed by atoms with Crippen molar-refractivity contribution in [3.8, 4) is 22.8 Å². The maximum absolute atomic E-state index is 13.1. The number of fused-ring (bicyclic) bond motifs is 1. The number of benzene rings is 2. The third-order valence-electron chi connectivity index (χ3n) is 6.24. The topological polar surface area (TPSA) is 226 Å². The van der Waals surface area contributed by atoms with Crippen molar-refractivity contribution in [2.75, 3.05) is 26.3 Å². The molecule has 13 heteroatoms. The summed E-state index contributed by atoms with van der Waals surface area (Å²) in [5.74, 6) is -1.51. The van der Waals surface area contributed by atoms with Crippen molar-refractivity contribution in [2.24, 2.45) is 21.7 Å². The number of carboxylic acid groups (broad SMARTS) is 1. The van der Waals surface area contributed by atoms with E-state index in [9.17, 15) is 14.7 Å². The fraction of sp³-hybridized carbons (Fsp3) is 0.310. The molecule has 2 aromatic carbocycles. The highest BCUT2D eigenvalue weighted by Crippen LogP contribution is 2.38. The first kappa shape index (κ1) is 32.0. The molecule has 0 amide bonds. The molecule has 0 saturated carbocycles. The molecule has 0 spiro atoms. The van der Waals surface area contributed by atoms with E-state index in [2.05, 4.69) is 21.4 Å². The van der Waals surface area contributed by atoms with Gasteiger partial charge in [-0.05, 0) is 80.1 Å². The van der Waals surface area contributed by atoms with E-state index in [-0.39, 0.29) is 53.0 Å². The minimum absolute atomic E-state index is 0.0972. The molecule has 4 aromatic rings. The zero-order chi connectivity index (χ0) is 30.6.